The van der Waals surface area contributed by atoms with Gasteiger partial charge in [-0.1, -0.05) is 6.07 Å². The second kappa shape index (κ2) is 4.40. The summed E-state index contributed by atoms with van der Waals surface area (Å²) in [5.41, 5.74) is 1.12. The zero-order chi connectivity index (χ0) is 12.4. The zero-order valence-electron chi connectivity index (χ0n) is 9.10. The Bertz CT molecular complexity index is 662. The molecule has 0 aliphatic heterocycles. The van der Waals surface area contributed by atoms with Crippen molar-refractivity contribution in [2.45, 2.75) is 6.92 Å². The summed E-state index contributed by atoms with van der Waals surface area (Å²) in [6.07, 6.45) is 1.62. The van der Waals surface area contributed by atoms with Gasteiger partial charge >= 0.3 is 5.97 Å². The Balaban J connectivity index is 2.48. The molecule has 84 valence electrons. The topological polar surface area (TPSA) is 61.1 Å². The molecular formula is C13H9NO2S. The van der Waals surface area contributed by atoms with E-state index in [-0.39, 0.29) is 0 Å². The number of hydrogen-bond donors (Lipinski definition) is 1. The lowest BCUT2D eigenvalue weighted by molar-refractivity contribution is -0.132. The van der Waals surface area contributed by atoms with Crippen LogP contribution >= 0.6 is 11.3 Å². The van der Waals surface area contributed by atoms with Crippen LogP contribution in [0.3, 0.4) is 0 Å². The molecule has 4 heteroatoms. The van der Waals surface area contributed by atoms with Gasteiger partial charge in [-0.05, 0) is 42.1 Å². The average molecular weight is 243 g/mol. The first-order valence-corrected chi connectivity index (χ1v) is 5.77. The van der Waals surface area contributed by atoms with E-state index < -0.39 is 5.97 Å². The van der Waals surface area contributed by atoms with Gasteiger partial charge in [0.25, 0.3) is 0 Å². The highest BCUT2D eigenvalue weighted by atomic mass is 32.1. The number of thiophene rings is 1. The second-order valence-corrected chi connectivity index (χ2v) is 4.74. The molecule has 17 heavy (non-hydrogen) atoms. The van der Waals surface area contributed by atoms with Crippen LogP contribution in [-0.2, 0) is 4.79 Å². The van der Waals surface area contributed by atoms with Gasteiger partial charge in [0.1, 0.15) is 10.9 Å². The lowest BCUT2D eigenvalue weighted by Gasteiger charge is -1.96. The first kappa shape index (κ1) is 11.4. The number of carboxylic acids is 1. The maximum Gasteiger partial charge on any atom is 0.331 e. The van der Waals surface area contributed by atoms with E-state index >= 15 is 0 Å². The van der Waals surface area contributed by atoms with Crippen LogP contribution in [0.25, 0.3) is 16.2 Å². The molecule has 0 amide bonds. The van der Waals surface area contributed by atoms with E-state index in [1.807, 2.05) is 24.3 Å². The molecule has 0 radical (unpaired) electrons. The fraction of sp³-hybridized carbons (Fsp3) is 0.0769. The molecule has 0 fully saturated rings. The minimum absolute atomic E-state index is 0.292. The van der Waals surface area contributed by atoms with Crippen molar-refractivity contribution in [3.05, 3.63) is 40.3 Å². The van der Waals surface area contributed by atoms with Crippen molar-refractivity contribution in [3.8, 4) is 6.07 Å². The van der Waals surface area contributed by atoms with Crippen molar-refractivity contribution < 1.29 is 9.90 Å². The zero-order valence-corrected chi connectivity index (χ0v) is 9.91. The summed E-state index contributed by atoms with van der Waals surface area (Å²) in [4.78, 5) is 11.4. The Morgan fingerprint density at radius 3 is 2.88 bits per heavy atom. The summed E-state index contributed by atoms with van der Waals surface area (Å²) in [6, 6.07) is 9.56. The number of rotatable bonds is 2. The highest BCUT2D eigenvalue weighted by molar-refractivity contribution is 7.19. The van der Waals surface area contributed by atoms with Gasteiger partial charge in [0.2, 0.25) is 0 Å². The molecule has 2 aromatic rings. The summed E-state index contributed by atoms with van der Waals surface area (Å²) in [5, 5.41) is 18.6. The molecule has 0 aliphatic rings. The van der Waals surface area contributed by atoms with E-state index in [0.29, 0.717) is 10.5 Å². The van der Waals surface area contributed by atoms with E-state index in [2.05, 4.69) is 6.07 Å². The standard InChI is InChI=1S/C13H9NO2S/c1-8(13(15)16)4-9-2-3-12-10(5-9)6-11(7-14)17-12/h2-6H,1H3,(H,15,16)/b8-4+. The molecule has 0 saturated carbocycles. The van der Waals surface area contributed by atoms with Gasteiger partial charge in [0.15, 0.2) is 0 Å². The van der Waals surface area contributed by atoms with Crippen LogP contribution < -0.4 is 0 Å². The van der Waals surface area contributed by atoms with E-state index in [1.54, 1.807) is 13.0 Å². The summed E-state index contributed by atoms with van der Waals surface area (Å²) >= 11 is 1.43. The van der Waals surface area contributed by atoms with Gasteiger partial charge in [-0.25, -0.2) is 4.79 Å². The van der Waals surface area contributed by atoms with Gasteiger partial charge < -0.3 is 5.11 Å². The first-order valence-electron chi connectivity index (χ1n) is 4.95. The van der Waals surface area contributed by atoms with Gasteiger partial charge in [0, 0.05) is 10.3 Å². The maximum atomic E-state index is 10.7. The Morgan fingerprint density at radius 1 is 1.47 bits per heavy atom. The van der Waals surface area contributed by atoms with Crippen molar-refractivity contribution >= 4 is 33.5 Å². The minimum atomic E-state index is -0.923. The predicted molar refractivity (Wildman–Crippen MR) is 67.8 cm³/mol. The molecule has 0 bridgehead atoms. The first-order chi connectivity index (χ1) is 8.10. The Kier molecular flexibility index (Phi) is 2.94. The number of benzene rings is 1. The Labute approximate surface area is 102 Å². The predicted octanol–water partition coefficient (Wildman–Crippen LogP) is 3.26. The normalized spacial score (nSPS) is 11.4. The highest BCUT2D eigenvalue weighted by Crippen LogP contribution is 2.26. The monoisotopic (exact) mass is 243 g/mol. The van der Waals surface area contributed by atoms with Crippen LogP contribution in [0.1, 0.15) is 17.4 Å². The van der Waals surface area contributed by atoms with Crippen molar-refractivity contribution in [1.29, 1.82) is 5.26 Å². The largest absolute Gasteiger partial charge is 0.478 e. The van der Waals surface area contributed by atoms with Gasteiger partial charge in [-0.15, -0.1) is 11.3 Å². The maximum absolute atomic E-state index is 10.7. The number of nitrogens with zero attached hydrogens (tertiary/aromatic N) is 1. The number of nitriles is 1. The van der Waals surface area contributed by atoms with Crippen molar-refractivity contribution in [3.63, 3.8) is 0 Å². The molecule has 1 N–H and O–H groups in total. The molecule has 1 aromatic heterocycles. The van der Waals surface area contributed by atoms with Crippen molar-refractivity contribution in [2.24, 2.45) is 0 Å². The third kappa shape index (κ3) is 2.35. The van der Waals surface area contributed by atoms with Crippen LogP contribution in [0.2, 0.25) is 0 Å². The summed E-state index contributed by atoms with van der Waals surface area (Å²) < 4.78 is 1.03. The fourth-order valence-corrected chi connectivity index (χ4v) is 2.36. The smallest absolute Gasteiger partial charge is 0.331 e. The van der Waals surface area contributed by atoms with Crippen LogP contribution in [0.4, 0.5) is 0 Å². The SMILES string of the molecule is C/C(=C\c1ccc2sc(C#N)cc2c1)C(=O)O. The number of aliphatic carboxylic acids is 1. The minimum Gasteiger partial charge on any atom is -0.478 e. The Morgan fingerprint density at radius 2 is 2.24 bits per heavy atom. The number of carboxylic acid groups (broad SMARTS) is 1. The quantitative estimate of drug-likeness (QED) is 0.823. The van der Waals surface area contributed by atoms with Gasteiger partial charge in [-0.3, -0.25) is 0 Å². The molecule has 0 atom stereocenters. The van der Waals surface area contributed by atoms with Crippen LogP contribution in [0.5, 0.6) is 0 Å². The number of carbonyl (C=O) groups is 1. The fourth-order valence-electron chi connectivity index (χ4n) is 1.52. The molecule has 0 spiro atoms. The average Bonchev–Trinajstić information content (AvgIpc) is 2.70. The van der Waals surface area contributed by atoms with Gasteiger partial charge in [-0.2, -0.15) is 5.26 Å². The number of hydrogen-bond acceptors (Lipinski definition) is 3. The lowest BCUT2D eigenvalue weighted by Crippen LogP contribution is -1.95. The van der Waals surface area contributed by atoms with Crippen molar-refractivity contribution in [2.75, 3.05) is 0 Å². The molecule has 0 saturated heterocycles. The molecule has 0 aliphatic carbocycles. The summed E-state index contributed by atoms with van der Waals surface area (Å²) in [6.45, 7) is 1.56. The van der Waals surface area contributed by atoms with E-state index in [0.717, 1.165) is 15.6 Å². The highest BCUT2D eigenvalue weighted by Gasteiger charge is 2.03. The summed E-state index contributed by atoms with van der Waals surface area (Å²) in [7, 11) is 0. The molecule has 3 nitrogen and oxygen atoms in total. The third-order valence-electron chi connectivity index (χ3n) is 2.37. The van der Waals surface area contributed by atoms with Crippen LogP contribution in [0, 0.1) is 11.3 Å². The van der Waals surface area contributed by atoms with E-state index in [9.17, 15) is 4.79 Å². The second-order valence-electron chi connectivity index (χ2n) is 3.65. The van der Waals surface area contributed by atoms with Gasteiger partial charge in [0.05, 0.1) is 0 Å². The molecule has 0 unspecified atom stereocenters. The van der Waals surface area contributed by atoms with Crippen LogP contribution in [0.15, 0.2) is 29.8 Å². The lowest BCUT2D eigenvalue weighted by atomic mass is 10.1. The Hall–Kier alpha value is -2.12. The van der Waals surface area contributed by atoms with E-state index in [4.69, 9.17) is 10.4 Å². The number of fused-ring (bicyclic) bond motifs is 1. The molecule has 1 heterocycles. The van der Waals surface area contributed by atoms with E-state index in [1.165, 1.54) is 11.3 Å². The summed E-state index contributed by atoms with van der Waals surface area (Å²) in [5.74, 6) is -0.923. The van der Waals surface area contributed by atoms with Crippen LogP contribution in [-0.4, -0.2) is 11.1 Å². The molecule has 2 rings (SSSR count). The third-order valence-corrected chi connectivity index (χ3v) is 3.39. The molecular weight excluding hydrogens is 234 g/mol. The molecule has 1 aromatic carbocycles. The van der Waals surface area contributed by atoms with Crippen molar-refractivity contribution in [1.82, 2.24) is 0 Å².